The molecule has 0 aliphatic heterocycles. The molecule has 0 saturated heterocycles. The van der Waals surface area contributed by atoms with Crippen LogP contribution < -0.4 is 0 Å². The molecule has 0 aliphatic rings. The van der Waals surface area contributed by atoms with Gasteiger partial charge in [0.15, 0.2) is 0 Å². The Morgan fingerprint density at radius 1 is 1.18 bits per heavy atom. The van der Waals surface area contributed by atoms with Crippen LogP contribution in [0.4, 0.5) is 0 Å². The van der Waals surface area contributed by atoms with E-state index in [0.29, 0.717) is 0 Å². The van der Waals surface area contributed by atoms with Gasteiger partial charge >= 0.3 is 0 Å². The SMILES string of the molecule is CCCCC(C)C(C)SCC. The predicted molar refractivity (Wildman–Crippen MR) is 56.3 cm³/mol. The van der Waals surface area contributed by atoms with Gasteiger partial charge in [0.05, 0.1) is 0 Å². The molecule has 0 amide bonds. The second kappa shape index (κ2) is 7.02. The van der Waals surface area contributed by atoms with E-state index < -0.39 is 0 Å². The first-order valence-corrected chi connectivity index (χ1v) is 5.88. The molecular weight excluding hydrogens is 152 g/mol. The summed E-state index contributed by atoms with van der Waals surface area (Å²) in [5, 5.41) is 0.853. The smallest absolute Gasteiger partial charge is 0.00442 e. The fourth-order valence-corrected chi connectivity index (χ4v) is 2.18. The Balaban J connectivity index is 3.38. The van der Waals surface area contributed by atoms with Crippen molar-refractivity contribution >= 4 is 11.8 Å². The normalized spacial score (nSPS) is 16.4. The third-order valence-electron chi connectivity index (χ3n) is 2.24. The van der Waals surface area contributed by atoms with Crippen molar-refractivity contribution in [2.24, 2.45) is 5.92 Å². The highest BCUT2D eigenvalue weighted by Crippen LogP contribution is 2.22. The van der Waals surface area contributed by atoms with Gasteiger partial charge in [-0.15, -0.1) is 0 Å². The summed E-state index contributed by atoms with van der Waals surface area (Å²) in [5.41, 5.74) is 0. The molecule has 0 fully saturated rings. The summed E-state index contributed by atoms with van der Waals surface area (Å²) in [6, 6.07) is 0. The highest BCUT2D eigenvalue weighted by Gasteiger charge is 2.10. The topological polar surface area (TPSA) is 0 Å². The number of hydrogen-bond acceptors (Lipinski definition) is 1. The van der Waals surface area contributed by atoms with Crippen LogP contribution in [0.5, 0.6) is 0 Å². The van der Waals surface area contributed by atoms with Gasteiger partial charge in [-0.3, -0.25) is 0 Å². The molecule has 0 N–H and O–H groups in total. The molecule has 2 unspecified atom stereocenters. The summed E-state index contributed by atoms with van der Waals surface area (Å²) < 4.78 is 0. The minimum Gasteiger partial charge on any atom is -0.159 e. The van der Waals surface area contributed by atoms with Crippen LogP contribution in [-0.2, 0) is 0 Å². The fraction of sp³-hybridized carbons (Fsp3) is 1.00. The maximum atomic E-state index is 2.38. The van der Waals surface area contributed by atoms with E-state index in [0.717, 1.165) is 11.2 Å². The van der Waals surface area contributed by atoms with Crippen LogP contribution in [0.1, 0.15) is 47.0 Å². The summed E-state index contributed by atoms with van der Waals surface area (Å²) in [6.07, 6.45) is 4.15. The van der Waals surface area contributed by atoms with E-state index >= 15 is 0 Å². The first-order valence-electron chi connectivity index (χ1n) is 4.83. The molecule has 0 aromatic heterocycles. The van der Waals surface area contributed by atoms with Crippen molar-refractivity contribution in [1.82, 2.24) is 0 Å². The van der Waals surface area contributed by atoms with E-state index in [9.17, 15) is 0 Å². The zero-order valence-corrected chi connectivity index (χ0v) is 9.21. The molecule has 0 aromatic rings. The van der Waals surface area contributed by atoms with Gasteiger partial charge in [-0.1, -0.05) is 40.5 Å². The van der Waals surface area contributed by atoms with Crippen molar-refractivity contribution in [2.75, 3.05) is 5.75 Å². The summed E-state index contributed by atoms with van der Waals surface area (Å²) >= 11 is 2.09. The van der Waals surface area contributed by atoms with Crippen molar-refractivity contribution in [2.45, 2.75) is 52.2 Å². The molecule has 0 saturated carbocycles. The minimum absolute atomic E-state index is 0.853. The summed E-state index contributed by atoms with van der Waals surface area (Å²) in [6.45, 7) is 9.25. The van der Waals surface area contributed by atoms with Gasteiger partial charge in [-0.25, -0.2) is 0 Å². The molecule has 0 heterocycles. The van der Waals surface area contributed by atoms with Crippen LogP contribution in [0, 0.1) is 5.92 Å². The standard InChI is InChI=1S/C10H22S/c1-5-7-8-9(3)10(4)11-6-2/h9-10H,5-8H2,1-4H3. The molecule has 0 aliphatic carbocycles. The average Bonchev–Trinajstić information content (AvgIpc) is 2.00. The molecule has 1 heteroatoms. The zero-order chi connectivity index (χ0) is 8.69. The van der Waals surface area contributed by atoms with Crippen molar-refractivity contribution < 1.29 is 0 Å². The Morgan fingerprint density at radius 3 is 2.27 bits per heavy atom. The molecule has 0 bridgehead atoms. The van der Waals surface area contributed by atoms with Crippen molar-refractivity contribution in [3.05, 3.63) is 0 Å². The lowest BCUT2D eigenvalue weighted by Crippen LogP contribution is -2.10. The van der Waals surface area contributed by atoms with Gasteiger partial charge in [-0.05, 0) is 18.1 Å². The molecule has 0 radical (unpaired) electrons. The highest BCUT2D eigenvalue weighted by molar-refractivity contribution is 7.99. The minimum atomic E-state index is 0.853. The number of unbranched alkanes of at least 4 members (excludes halogenated alkanes) is 1. The van der Waals surface area contributed by atoms with Crippen molar-refractivity contribution in [1.29, 1.82) is 0 Å². The van der Waals surface area contributed by atoms with E-state index in [2.05, 4.69) is 39.5 Å². The van der Waals surface area contributed by atoms with E-state index in [1.54, 1.807) is 0 Å². The van der Waals surface area contributed by atoms with Crippen molar-refractivity contribution in [3.8, 4) is 0 Å². The van der Waals surface area contributed by atoms with Gasteiger partial charge in [0.2, 0.25) is 0 Å². The number of hydrogen-bond donors (Lipinski definition) is 0. The highest BCUT2D eigenvalue weighted by atomic mass is 32.2. The van der Waals surface area contributed by atoms with Gasteiger partial charge in [0.25, 0.3) is 0 Å². The lowest BCUT2D eigenvalue weighted by atomic mass is 10.0. The monoisotopic (exact) mass is 174 g/mol. The molecule has 0 aromatic carbocycles. The Morgan fingerprint density at radius 2 is 1.82 bits per heavy atom. The lowest BCUT2D eigenvalue weighted by molar-refractivity contribution is 0.502. The average molecular weight is 174 g/mol. The second-order valence-corrected chi connectivity index (χ2v) is 4.93. The maximum Gasteiger partial charge on any atom is 0.00442 e. The lowest BCUT2D eigenvalue weighted by Gasteiger charge is -2.18. The molecule has 0 nitrogen and oxygen atoms in total. The Labute approximate surface area is 76.1 Å². The van der Waals surface area contributed by atoms with Gasteiger partial charge in [-0.2, -0.15) is 11.8 Å². The zero-order valence-electron chi connectivity index (χ0n) is 8.39. The van der Waals surface area contributed by atoms with Crippen LogP contribution in [0.25, 0.3) is 0 Å². The van der Waals surface area contributed by atoms with Gasteiger partial charge in [0.1, 0.15) is 0 Å². The van der Waals surface area contributed by atoms with E-state index in [4.69, 9.17) is 0 Å². The van der Waals surface area contributed by atoms with Gasteiger partial charge < -0.3 is 0 Å². The molecule has 0 spiro atoms. The summed E-state index contributed by atoms with van der Waals surface area (Å²) in [4.78, 5) is 0. The van der Waals surface area contributed by atoms with Crippen LogP contribution in [0.3, 0.4) is 0 Å². The molecular formula is C10H22S. The van der Waals surface area contributed by atoms with Crippen LogP contribution >= 0.6 is 11.8 Å². The molecule has 11 heavy (non-hydrogen) atoms. The van der Waals surface area contributed by atoms with Gasteiger partial charge in [0, 0.05) is 5.25 Å². The van der Waals surface area contributed by atoms with Crippen molar-refractivity contribution in [3.63, 3.8) is 0 Å². The molecule has 2 atom stereocenters. The Hall–Kier alpha value is 0.350. The quantitative estimate of drug-likeness (QED) is 0.587. The van der Waals surface area contributed by atoms with E-state index in [1.165, 1.54) is 25.0 Å². The largest absolute Gasteiger partial charge is 0.159 e. The van der Waals surface area contributed by atoms with Crippen LogP contribution in [0.2, 0.25) is 0 Å². The number of thioether (sulfide) groups is 1. The molecule has 0 rings (SSSR count). The Bertz CT molecular complexity index is 80.9. The third kappa shape index (κ3) is 5.60. The third-order valence-corrected chi connectivity index (χ3v) is 3.57. The predicted octanol–water partition coefficient (Wildman–Crippen LogP) is 3.95. The Kier molecular flexibility index (Phi) is 7.25. The van der Waals surface area contributed by atoms with E-state index in [-0.39, 0.29) is 0 Å². The summed E-state index contributed by atoms with van der Waals surface area (Å²) in [5.74, 6) is 2.16. The van der Waals surface area contributed by atoms with E-state index in [1.807, 2.05) is 0 Å². The number of rotatable bonds is 6. The van der Waals surface area contributed by atoms with Crippen LogP contribution in [0.15, 0.2) is 0 Å². The second-order valence-electron chi connectivity index (χ2n) is 3.28. The summed E-state index contributed by atoms with van der Waals surface area (Å²) in [7, 11) is 0. The first-order chi connectivity index (χ1) is 5.22. The fourth-order valence-electron chi connectivity index (χ4n) is 1.19. The maximum absolute atomic E-state index is 2.38. The molecule has 68 valence electrons. The van der Waals surface area contributed by atoms with Crippen LogP contribution in [-0.4, -0.2) is 11.0 Å². The first kappa shape index (κ1) is 11.4.